The first-order valence-electron chi connectivity index (χ1n) is 10.8. The highest BCUT2D eigenvalue weighted by molar-refractivity contribution is 7.91. The Morgan fingerprint density at radius 3 is 2.44 bits per heavy atom. The van der Waals surface area contributed by atoms with E-state index in [4.69, 9.17) is 0 Å². The molecule has 172 valence electrons. The Morgan fingerprint density at radius 1 is 0.941 bits per heavy atom. The summed E-state index contributed by atoms with van der Waals surface area (Å²) in [7, 11) is -3.86. The number of hydrogen-bond donors (Lipinski definition) is 3. The minimum Gasteiger partial charge on any atom is -0.507 e. The summed E-state index contributed by atoms with van der Waals surface area (Å²) in [4.78, 5) is 0. The van der Waals surface area contributed by atoms with Crippen LogP contribution in [0.2, 0.25) is 0 Å². The van der Waals surface area contributed by atoms with Crippen molar-refractivity contribution in [2.45, 2.75) is 18.6 Å². The van der Waals surface area contributed by atoms with Gasteiger partial charge in [0.25, 0.3) is 0 Å². The fourth-order valence-corrected chi connectivity index (χ4v) is 5.63. The molecule has 1 aliphatic rings. The summed E-state index contributed by atoms with van der Waals surface area (Å²) in [6.07, 6.45) is 5.62. The molecule has 0 aliphatic heterocycles. The zero-order chi connectivity index (χ0) is 23.9. The molecule has 0 saturated carbocycles. The normalized spacial score (nSPS) is 13.1. The number of anilines is 1. The van der Waals surface area contributed by atoms with Gasteiger partial charge in [0.2, 0.25) is 10.0 Å². The van der Waals surface area contributed by atoms with E-state index in [1.54, 1.807) is 36.4 Å². The molecule has 0 aromatic heterocycles. The third-order valence-electron chi connectivity index (χ3n) is 6.00. The maximum Gasteiger partial charge on any atom is 0.236 e. The summed E-state index contributed by atoms with van der Waals surface area (Å²) in [6, 6.07) is 17.2. The summed E-state index contributed by atoms with van der Waals surface area (Å²) < 4.78 is 41.9. The number of aromatic hydroxyl groups is 2. The number of rotatable bonds is 5. The van der Waals surface area contributed by atoms with E-state index in [1.807, 2.05) is 18.2 Å². The molecular weight excluding hydrogens is 453 g/mol. The third kappa shape index (κ3) is 4.10. The van der Waals surface area contributed by atoms with Gasteiger partial charge in [-0.25, -0.2) is 12.8 Å². The predicted molar refractivity (Wildman–Crippen MR) is 133 cm³/mol. The van der Waals surface area contributed by atoms with Crippen LogP contribution in [-0.2, 0) is 22.2 Å². The van der Waals surface area contributed by atoms with Crippen LogP contribution < -0.4 is 4.72 Å². The molecule has 34 heavy (non-hydrogen) atoms. The van der Waals surface area contributed by atoms with Gasteiger partial charge in [0.1, 0.15) is 17.3 Å². The fraction of sp³-hybridized carbons (Fsp3) is 0.111. The topological polar surface area (TPSA) is 86.6 Å². The minimum absolute atomic E-state index is 0.00370. The van der Waals surface area contributed by atoms with Crippen LogP contribution in [0.1, 0.15) is 23.1 Å². The Bertz CT molecular complexity index is 1540. The first-order chi connectivity index (χ1) is 16.3. The lowest BCUT2D eigenvalue weighted by molar-refractivity contribution is 0.471. The lowest BCUT2D eigenvalue weighted by Gasteiger charge is -2.20. The quantitative estimate of drug-likeness (QED) is 0.311. The van der Waals surface area contributed by atoms with E-state index in [-0.39, 0.29) is 22.9 Å². The van der Waals surface area contributed by atoms with E-state index in [1.165, 1.54) is 24.3 Å². The van der Waals surface area contributed by atoms with Crippen LogP contribution in [0.15, 0.2) is 72.8 Å². The number of aryl methyl sites for hydroxylation is 1. The number of fused-ring (bicyclic) bond motifs is 2. The van der Waals surface area contributed by atoms with Crippen molar-refractivity contribution in [2.24, 2.45) is 0 Å². The van der Waals surface area contributed by atoms with Crippen LogP contribution in [-0.4, -0.2) is 18.6 Å². The summed E-state index contributed by atoms with van der Waals surface area (Å²) >= 11 is 0. The molecule has 0 heterocycles. The molecule has 0 amide bonds. The molecule has 0 radical (unpaired) electrons. The summed E-state index contributed by atoms with van der Waals surface area (Å²) in [5.41, 5.74) is 3.35. The average molecular weight is 476 g/mol. The zero-order valence-corrected chi connectivity index (χ0v) is 18.9. The molecular formula is C27H22FNO4S. The van der Waals surface area contributed by atoms with Crippen molar-refractivity contribution in [3.05, 3.63) is 95.3 Å². The number of phenols is 2. The van der Waals surface area contributed by atoms with Crippen molar-refractivity contribution >= 4 is 32.6 Å². The SMILES string of the molecule is O=S(=O)(Cc1ccc(F)cc1)Nc1cc(-c2c(O)ccc3c2C=CCC3)c(O)c2ccccc12. The number of halogens is 1. The molecule has 0 atom stereocenters. The van der Waals surface area contributed by atoms with Crippen LogP contribution in [0.3, 0.4) is 0 Å². The van der Waals surface area contributed by atoms with Gasteiger partial charge in [-0.05, 0) is 53.8 Å². The molecule has 0 unspecified atom stereocenters. The largest absolute Gasteiger partial charge is 0.507 e. The van der Waals surface area contributed by atoms with Gasteiger partial charge in [-0.3, -0.25) is 4.72 Å². The Hall–Kier alpha value is -3.84. The summed E-state index contributed by atoms with van der Waals surface area (Å²) in [6.45, 7) is 0. The van der Waals surface area contributed by atoms with Gasteiger partial charge in [0, 0.05) is 21.9 Å². The van der Waals surface area contributed by atoms with Gasteiger partial charge in [-0.15, -0.1) is 0 Å². The Kier molecular flexibility index (Phi) is 5.49. The van der Waals surface area contributed by atoms with Crippen molar-refractivity contribution < 1.29 is 23.0 Å². The molecule has 5 rings (SSSR count). The first-order valence-corrected chi connectivity index (χ1v) is 12.5. The van der Waals surface area contributed by atoms with Crippen LogP contribution >= 0.6 is 0 Å². The highest BCUT2D eigenvalue weighted by Gasteiger charge is 2.22. The van der Waals surface area contributed by atoms with Gasteiger partial charge in [0.15, 0.2) is 0 Å². The van der Waals surface area contributed by atoms with Crippen LogP contribution in [0.4, 0.5) is 10.1 Å². The lowest BCUT2D eigenvalue weighted by Crippen LogP contribution is -2.15. The number of sulfonamides is 1. The van der Waals surface area contributed by atoms with E-state index in [0.717, 1.165) is 24.0 Å². The molecule has 4 aromatic rings. The highest BCUT2D eigenvalue weighted by Crippen LogP contribution is 2.46. The minimum atomic E-state index is -3.86. The average Bonchev–Trinajstić information content (AvgIpc) is 2.82. The van der Waals surface area contributed by atoms with E-state index in [0.29, 0.717) is 27.5 Å². The Labute approximate surface area is 196 Å². The maximum atomic E-state index is 13.2. The number of nitrogens with one attached hydrogen (secondary N) is 1. The van der Waals surface area contributed by atoms with E-state index in [2.05, 4.69) is 4.72 Å². The van der Waals surface area contributed by atoms with Crippen molar-refractivity contribution in [3.8, 4) is 22.6 Å². The van der Waals surface area contributed by atoms with E-state index >= 15 is 0 Å². The molecule has 0 fully saturated rings. The van der Waals surface area contributed by atoms with Crippen molar-refractivity contribution in [2.75, 3.05) is 4.72 Å². The molecule has 0 spiro atoms. The monoisotopic (exact) mass is 475 g/mol. The zero-order valence-electron chi connectivity index (χ0n) is 18.1. The fourth-order valence-electron chi connectivity index (χ4n) is 4.42. The standard InChI is InChI=1S/C27H22FNO4S/c28-19-12-9-17(10-13-19)16-34(32,33)29-24-15-23(27(31)22-8-4-3-7-21(22)24)26-20-6-2-1-5-18(20)11-14-25(26)30/h2-4,6-15,29-31H,1,5,16H2. The van der Waals surface area contributed by atoms with Crippen LogP contribution in [0.25, 0.3) is 28.0 Å². The second-order valence-electron chi connectivity index (χ2n) is 8.33. The van der Waals surface area contributed by atoms with Crippen LogP contribution in [0, 0.1) is 5.82 Å². The second kappa shape index (κ2) is 8.50. The number of hydrogen-bond acceptors (Lipinski definition) is 4. The molecule has 5 nitrogen and oxygen atoms in total. The van der Waals surface area contributed by atoms with E-state index in [9.17, 15) is 23.0 Å². The molecule has 0 saturated heterocycles. The number of phenolic OH excluding ortho intramolecular Hbond substituents is 2. The summed E-state index contributed by atoms with van der Waals surface area (Å²) in [5.74, 6) is -0.828. The van der Waals surface area contributed by atoms with Gasteiger partial charge in [0.05, 0.1) is 11.4 Å². The molecule has 0 bridgehead atoms. The van der Waals surface area contributed by atoms with Gasteiger partial charge in [-0.1, -0.05) is 54.6 Å². The Morgan fingerprint density at radius 2 is 1.68 bits per heavy atom. The van der Waals surface area contributed by atoms with Gasteiger partial charge >= 0.3 is 0 Å². The lowest BCUT2D eigenvalue weighted by atomic mass is 9.88. The van der Waals surface area contributed by atoms with Gasteiger partial charge < -0.3 is 10.2 Å². The van der Waals surface area contributed by atoms with Crippen molar-refractivity contribution in [1.29, 1.82) is 0 Å². The second-order valence-corrected chi connectivity index (χ2v) is 10.0. The molecule has 4 aromatic carbocycles. The maximum absolute atomic E-state index is 13.2. The molecule has 3 N–H and O–H groups in total. The van der Waals surface area contributed by atoms with Gasteiger partial charge in [-0.2, -0.15) is 0 Å². The predicted octanol–water partition coefficient (Wildman–Crippen LogP) is 5.96. The smallest absolute Gasteiger partial charge is 0.236 e. The summed E-state index contributed by atoms with van der Waals surface area (Å²) in [5, 5.41) is 22.9. The Balaban J connectivity index is 1.65. The number of allylic oxidation sites excluding steroid dienone is 1. The molecule has 7 heteroatoms. The molecule has 1 aliphatic carbocycles. The van der Waals surface area contributed by atoms with E-state index < -0.39 is 15.8 Å². The van der Waals surface area contributed by atoms with Crippen molar-refractivity contribution in [3.63, 3.8) is 0 Å². The first kappa shape index (κ1) is 22.0. The third-order valence-corrected chi connectivity index (χ3v) is 7.24. The van der Waals surface area contributed by atoms with Crippen LogP contribution in [0.5, 0.6) is 11.5 Å². The van der Waals surface area contributed by atoms with Crippen molar-refractivity contribution in [1.82, 2.24) is 0 Å². The number of benzene rings is 4. The highest BCUT2D eigenvalue weighted by atomic mass is 32.2.